The third-order valence-electron chi connectivity index (χ3n) is 0.167. The molecule has 0 amide bonds. The molecule has 5 heteroatoms. The van der Waals surface area contributed by atoms with E-state index in [0.717, 1.165) is 15.9 Å². The van der Waals surface area contributed by atoms with Crippen molar-refractivity contribution in [1.82, 2.24) is 0 Å². The first-order chi connectivity index (χ1) is 2.91. The van der Waals surface area contributed by atoms with E-state index in [1.165, 1.54) is 0 Å². The Morgan fingerprint density at radius 2 is 1.83 bits per heavy atom. The van der Waals surface area contributed by atoms with Crippen molar-refractivity contribution in [3.8, 4) is 0 Å². The molecule has 0 atom stereocenters. The molecule has 0 aliphatic rings. The third kappa shape index (κ3) is 23.7. The van der Waals surface area contributed by atoms with Crippen LogP contribution in [0.5, 0.6) is 0 Å². The summed E-state index contributed by atoms with van der Waals surface area (Å²) in [5.74, 6) is 0. The monoisotopic (exact) mass is 134 g/mol. The van der Waals surface area contributed by atoms with Gasteiger partial charge in [-0.3, -0.25) is 0 Å². The topological polar surface area (TPSA) is 34.1 Å². The fourth-order valence-electron chi connectivity index (χ4n) is 0. The molecule has 0 rings (SSSR count). The molecular formula is CH7AlO2Si2. The minimum atomic E-state index is -0.406. The van der Waals surface area contributed by atoms with Gasteiger partial charge in [-0.05, 0) is 5.67 Å². The first-order valence-corrected chi connectivity index (χ1v) is 4.92. The predicted molar refractivity (Wildman–Crippen MR) is 30.4 cm³/mol. The van der Waals surface area contributed by atoms with Crippen LogP contribution in [-0.2, 0) is 8.27 Å². The van der Waals surface area contributed by atoms with Gasteiger partial charge in [0.2, 0.25) is 0 Å². The molecule has 0 aromatic heterocycles. The summed E-state index contributed by atoms with van der Waals surface area (Å²) in [5.41, 5.74) is 0.986. The maximum atomic E-state index is 9.42. The van der Waals surface area contributed by atoms with Gasteiger partial charge in [0.1, 0.15) is 0 Å². The van der Waals surface area contributed by atoms with E-state index in [2.05, 4.69) is 0 Å². The second-order valence-electron chi connectivity index (χ2n) is 0.575. The molecule has 0 aromatic rings. The van der Waals surface area contributed by atoms with Crippen LogP contribution in [0.3, 0.4) is 0 Å². The zero-order valence-corrected chi connectivity index (χ0v) is 8.38. The molecule has 6 heavy (non-hydrogen) atoms. The first-order valence-electron chi connectivity index (χ1n) is 1.64. The van der Waals surface area contributed by atoms with E-state index in [0.29, 0.717) is 16.2 Å². The van der Waals surface area contributed by atoms with Gasteiger partial charge >= 0.3 is 20.0 Å². The fraction of sp³-hybridized carbons (Fsp3) is 1.00. The molecule has 0 spiro atoms. The average Bonchev–Trinajstić information content (AvgIpc) is 1.72. The Kier molecular flexibility index (Phi) is 28.7. The van der Waals surface area contributed by atoms with Gasteiger partial charge in [0.25, 0.3) is 9.41 Å². The number of rotatable bonds is 1. The van der Waals surface area contributed by atoms with Crippen LogP contribution in [0.15, 0.2) is 0 Å². The van der Waals surface area contributed by atoms with E-state index in [1.807, 2.05) is 0 Å². The van der Waals surface area contributed by atoms with Gasteiger partial charge in [0.05, 0.1) is 0 Å². The van der Waals surface area contributed by atoms with Crippen LogP contribution in [0.4, 0.5) is 0 Å². The Hall–Kier alpha value is 0.566. The minimum absolute atomic E-state index is 0.406. The third-order valence-corrected chi connectivity index (χ3v) is 1.50. The molecule has 0 radical (unpaired) electrons. The van der Waals surface area contributed by atoms with Crippen molar-refractivity contribution in [3.05, 3.63) is 0 Å². The van der Waals surface area contributed by atoms with E-state index in [9.17, 15) is 4.46 Å². The van der Waals surface area contributed by atoms with E-state index in [4.69, 9.17) is 3.80 Å². The Labute approximate surface area is 50.3 Å². The molecule has 0 aromatic carbocycles. The van der Waals surface area contributed by atoms with E-state index < -0.39 is 9.41 Å². The van der Waals surface area contributed by atoms with Crippen LogP contribution in [0.25, 0.3) is 0 Å². The van der Waals surface area contributed by atoms with Gasteiger partial charge in [-0.25, -0.2) is 0 Å². The molecule has 0 bridgehead atoms. The van der Waals surface area contributed by atoms with Crippen LogP contribution in [0.2, 0.25) is 5.67 Å². The van der Waals surface area contributed by atoms with E-state index in [-0.39, 0.29) is 0 Å². The first kappa shape index (κ1) is 9.76. The van der Waals surface area contributed by atoms with Gasteiger partial charge in [-0.1, -0.05) is 0 Å². The zero-order valence-electron chi connectivity index (χ0n) is 3.81. The van der Waals surface area contributed by atoms with Crippen molar-refractivity contribution in [2.75, 3.05) is 0 Å². The van der Waals surface area contributed by atoms with Crippen molar-refractivity contribution in [1.29, 1.82) is 0 Å². The predicted octanol–water partition coefficient (Wildman–Crippen LogP) is -2.26. The zero-order chi connectivity index (χ0) is 5.41. The summed E-state index contributed by atoms with van der Waals surface area (Å²) >= 11 is 0.611. The molecule has 0 saturated carbocycles. The summed E-state index contributed by atoms with van der Waals surface area (Å²) in [4.78, 5) is 0. The van der Waals surface area contributed by atoms with Gasteiger partial charge in [0.15, 0.2) is 0 Å². The summed E-state index contributed by atoms with van der Waals surface area (Å²) in [5, 5.41) is 0. The van der Waals surface area contributed by atoms with Crippen LogP contribution >= 0.6 is 0 Å². The summed E-state index contributed by atoms with van der Waals surface area (Å²) in [6.07, 6.45) is 0. The van der Waals surface area contributed by atoms with E-state index >= 15 is 0 Å². The van der Waals surface area contributed by atoms with Crippen molar-refractivity contribution >= 4 is 35.9 Å². The van der Waals surface area contributed by atoms with Crippen molar-refractivity contribution in [2.45, 2.75) is 5.67 Å². The van der Waals surface area contributed by atoms with Crippen LogP contribution in [0, 0.1) is 0 Å². The van der Waals surface area contributed by atoms with Gasteiger partial charge < -0.3 is 4.46 Å². The summed E-state index contributed by atoms with van der Waals surface area (Å²) < 4.78 is 17.7. The molecule has 0 aliphatic carbocycles. The van der Waals surface area contributed by atoms with Gasteiger partial charge in [-0.15, -0.1) is 0 Å². The summed E-state index contributed by atoms with van der Waals surface area (Å²) in [6, 6.07) is 0. The molecule has 0 N–H and O–H groups in total. The quantitative estimate of drug-likeness (QED) is 0.379. The molecule has 0 saturated heterocycles. The molecular weight excluding hydrogens is 127 g/mol. The summed E-state index contributed by atoms with van der Waals surface area (Å²) in [6.45, 7) is 0. The molecule has 0 aliphatic heterocycles. The van der Waals surface area contributed by atoms with Gasteiger partial charge in [-0.2, -0.15) is 0 Å². The second-order valence-corrected chi connectivity index (χ2v) is 4.17. The number of hydrogen-bond donors (Lipinski definition) is 0. The van der Waals surface area contributed by atoms with E-state index in [1.54, 1.807) is 0 Å². The SMILES string of the molecule is O=[SiH]C[SiH3].[O]=[AlH]. The Morgan fingerprint density at radius 3 is 1.83 bits per heavy atom. The van der Waals surface area contributed by atoms with Crippen molar-refractivity contribution in [2.24, 2.45) is 0 Å². The van der Waals surface area contributed by atoms with Crippen molar-refractivity contribution in [3.63, 3.8) is 0 Å². The molecule has 34 valence electrons. The Bertz CT molecular complexity index is 32.7. The summed E-state index contributed by atoms with van der Waals surface area (Å²) in [7, 11) is 0.708. The normalized spacial score (nSPS) is 5.17. The van der Waals surface area contributed by atoms with Crippen LogP contribution in [-0.4, -0.2) is 35.9 Å². The van der Waals surface area contributed by atoms with Crippen molar-refractivity contribution < 1.29 is 8.27 Å². The molecule has 0 unspecified atom stereocenters. The van der Waals surface area contributed by atoms with Crippen LogP contribution in [0.1, 0.15) is 0 Å². The number of hydrogen-bond acceptors (Lipinski definition) is 2. The maximum absolute atomic E-state index is 9.42. The standard InChI is InChI=1S/CH6OSi2.Al.O.H/c2-4-1-3;;;/h4H,1H2,3H3;;;. The fourth-order valence-corrected chi connectivity index (χ4v) is 0. The molecule has 2 nitrogen and oxygen atoms in total. The molecule has 0 heterocycles. The van der Waals surface area contributed by atoms with Crippen LogP contribution < -0.4 is 0 Å². The Balaban J connectivity index is 0. The molecule has 0 fully saturated rings. The average molecular weight is 134 g/mol. The van der Waals surface area contributed by atoms with Gasteiger partial charge in [0, 0.05) is 10.2 Å². The second kappa shape index (κ2) is 17.6. The Morgan fingerprint density at radius 1 is 1.67 bits per heavy atom.